The number of aliphatic hydroxyl groups is 1. The monoisotopic (exact) mass is 1480 g/mol. The SMILES string of the molecule is CCCCCCCCCCCCCCCCCCCCC(=O)O[C@H](COC(=O)CCCCCCCCCCCCCCCCC(C)C)COP(=O)(O)OC[C@@H](O)COP(=O)(O)OC[C@@H](COC(=O)CCCCCCCCC(C)CC)OC(=O)CCCCCCCCCCCCCCCC(C)C. The fraction of sp³-hybridized carbons (Fsp3) is 0.951. The third-order valence-corrected chi connectivity index (χ3v) is 21.4. The van der Waals surface area contributed by atoms with Gasteiger partial charge in [0, 0.05) is 25.7 Å². The Hall–Kier alpha value is -1.94. The van der Waals surface area contributed by atoms with Gasteiger partial charge in [0.1, 0.15) is 19.3 Å². The molecule has 0 amide bonds. The van der Waals surface area contributed by atoms with Crippen LogP contribution < -0.4 is 0 Å². The molecule has 19 heteroatoms. The number of esters is 4. The van der Waals surface area contributed by atoms with Crippen LogP contribution in [0.25, 0.3) is 0 Å². The van der Waals surface area contributed by atoms with Crippen LogP contribution in [0.3, 0.4) is 0 Å². The molecule has 0 radical (unpaired) electrons. The van der Waals surface area contributed by atoms with Crippen molar-refractivity contribution in [3.8, 4) is 0 Å². The zero-order chi connectivity index (χ0) is 74.4. The maximum atomic E-state index is 13.1. The summed E-state index contributed by atoms with van der Waals surface area (Å²) < 4.78 is 68.8. The summed E-state index contributed by atoms with van der Waals surface area (Å²) in [6.45, 7) is 12.0. The number of phosphoric acid groups is 2. The van der Waals surface area contributed by atoms with Crippen LogP contribution in [0.2, 0.25) is 0 Å². The first kappa shape index (κ1) is 99.1. The van der Waals surface area contributed by atoms with Gasteiger partial charge in [-0.2, -0.15) is 0 Å². The fourth-order valence-corrected chi connectivity index (χ4v) is 14.2. The van der Waals surface area contributed by atoms with Crippen molar-refractivity contribution in [2.45, 2.75) is 446 Å². The maximum absolute atomic E-state index is 13.1. The Labute approximate surface area is 619 Å². The van der Waals surface area contributed by atoms with Crippen molar-refractivity contribution >= 4 is 39.5 Å². The first-order valence-electron chi connectivity index (χ1n) is 42.4. The van der Waals surface area contributed by atoms with Gasteiger partial charge in [-0.3, -0.25) is 37.3 Å². The summed E-state index contributed by atoms with van der Waals surface area (Å²) in [5, 5.41) is 10.7. The molecule has 0 aromatic rings. The summed E-state index contributed by atoms with van der Waals surface area (Å²) in [6, 6.07) is 0. The number of phosphoric ester groups is 2. The highest BCUT2D eigenvalue weighted by molar-refractivity contribution is 7.47. The molecule has 0 heterocycles. The van der Waals surface area contributed by atoms with Gasteiger partial charge in [-0.15, -0.1) is 0 Å². The zero-order valence-corrected chi connectivity index (χ0v) is 68.2. The van der Waals surface area contributed by atoms with Gasteiger partial charge in [-0.25, -0.2) is 9.13 Å². The molecule has 0 aromatic heterocycles. The highest BCUT2D eigenvalue weighted by Gasteiger charge is 2.30. The van der Waals surface area contributed by atoms with Crippen molar-refractivity contribution in [1.29, 1.82) is 0 Å². The Morgan fingerprint density at radius 1 is 0.287 bits per heavy atom. The molecule has 0 saturated carbocycles. The summed E-state index contributed by atoms with van der Waals surface area (Å²) in [5.74, 6) is 0.207. The second-order valence-electron chi connectivity index (χ2n) is 30.7. The van der Waals surface area contributed by atoms with E-state index < -0.39 is 97.5 Å². The van der Waals surface area contributed by atoms with Gasteiger partial charge >= 0.3 is 39.5 Å². The lowest BCUT2D eigenvalue weighted by molar-refractivity contribution is -0.161. The Morgan fingerprint density at radius 2 is 0.505 bits per heavy atom. The predicted octanol–water partition coefficient (Wildman–Crippen LogP) is 24.5. The quantitative estimate of drug-likeness (QED) is 0.0222. The van der Waals surface area contributed by atoms with E-state index in [9.17, 15) is 43.2 Å². The molecule has 0 bridgehead atoms. The van der Waals surface area contributed by atoms with Gasteiger partial charge in [0.05, 0.1) is 26.4 Å². The maximum Gasteiger partial charge on any atom is 0.472 e. The van der Waals surface area contributed by atoms with Crippen molar-refractivity contribution in [1.82, 2.24) is 0 Å². The Kier molecular flexibility index (Phi) is 70.9. The molecule has 17 nitrogen and oxygen atoms in total. The molecule has 0 rings (SSSR count). The van der Waals surface area contributed by atoms with Crippen molar-refractivity contribution in [2.24, 2.45) is 17.8 Å². The van der Waals surface area contributed by atoms with Crippen LogP contribution in [0.15, 0.2) is 0 Å². The molecule has 0 aliphatic carbocycles. The predicted molar refractivity (Wildman–Crippen MR) is 414 cm³/mol. The van der Waals surface area contributed by atoms with Gasteiger partial charge in [0.2, 0.25) is 0 Å². The topological polar surface area (TPSA) is 237 Å². The lowest BCUT2D eigenvalue weighted by Gasteiger charge is -2.21. The molecule has 0 fully saturated rings. The van der Waals surface area contributed by atoms with Gasteiger partial charge in [0.15, 0.2) is 12.2 Å². The van der Waals surface area contributed by atoms with Gasteiger partial charge < -0.3 is 33.8 Å². The Morgan fingerprint density at radius 3 is 0.752 bits per heavy atom. The standard InChI is InChI=1S/C82H160O17P2/c1-8-10-11-12-13-14-15-16-17-18-19-20-27-32-37-42-51-58-65-81(86)98-77(69-92-79(84)63-56-49-41-36-31-26-22-21-24-29-34-39-46-53-60-73(3)4)71-96-100(88,89)94-67-76(83)68-95-101(90,91)97-72-78(70-93-80(85)64-57-50-45-44-48-55-62-75(7)9-2)99-82(87)66-59-52-43-38-33-28-23-25-30-35-40-47-54-61-74(5)6/h73-78,83H,8-72H2,1-7H3,(H,88,89)(H,90,91)/t75?,76-,77-,78-/m1/s1. The minimum Gasteiger partial charge on any atom is -0.462 e. The summed E-state index contributed by atoms with van der Waals surface area (Å²) >= 11 is 0. The van der Waals surface area contributed by atoms with E-state index in [1.165, 1.54) is 231 Å². The molecule has 0 spiro atoms. The number of carbonyl (C=O) groups excluding carboxylic acids is 4. The molecule has 3 N–H and O–H groups in total. The summed E-state index contributed by atoms with van der Waals surface area (Å²) in [4.78, 5) is 73.1. The van der Waals surface area contributed by atoms with Crippen LogP contribution >= 0.6 is 15.6 Å². The minimum absolute atomic E-state index is 0.106. The van der Waals surface area contributed by atoms with E-state index in [1.807, 2.05) is 0 Å². The van der Waals surface area contributed by atoms with E-state index in [4.69, 9.17) is 37.0 Å². The fourth-order valence-electron chi connectivity index (χ4n) is 12.6. The highest BCUT2D eigenvalue weighted by atomic mass is 31.2. The molecule has 3 unspecified atom stereocenters. The molecule has 0 aromatic carbocycles. The number of aliphatic hydroxyl groups excluding tert-OH is 1. The van der Waals surface area contributed by atoms with Crippen LogP contribution in [0.1, 0.15) is 427 Å². The smallest absolute Gasteiger partial charge is 0.462 e. The number of ether oxygens (including phenoxy) is 4. The molecule has 600 valence electrons. The molecular weight excluding hydrogens is 1320 g/mol. The average molecular weight is 1480 g/mol. The number of hydrogen-bond acceptors (Lipinski definition) is 15. The summed E-state index contributed by atoms with van der Waals surface area (Å²) in [7, 11) is -9.92. The van der Waals surface area contributed by atoms with Crippen LogP contribution in [-0.2, 0) is 65.4 Å². The summed E-state index contributed by atoms with van der Waals surface area (Å²) in [6.07, 6.45) is 61.0. The Balaban J connectivity index is 5.25. The van der Waals surface area contributed by atoms with Crippen LogP contribution in [-0.4, -0.2) is 96.7 Å². The summed E-state index contributed by atoms with van der Waals surface area (Å²) in [5.41, 5.74) is 0. The van der Waals surface area contributed by atoms with Gasteiger partial charge in [0.25, 0.3) is 0 Å². The second-order valence-corrected chi connectivity index (χ2v) is 33.6. The third-order valence-electron chi connectivity index (χ3n) is 19.5. The van der Waals surface area contributed by atoms with E-state index in [-0.39, 0.29) is 25.7 Å². The highest BCUT2D eigenvalue weighted by Crippen LogP contribution is 2.45. The van der Waals surface area contributed by atoms with Crippen molar-refractivity contribution in [2.75, 3.05) is 39.6 Å². The lowest BCUT2D eigenvalue weighted by Crippen LogP contribution is -2.30. The van der Waals surface area contributed by atoms with Crippen molar-refractivity contribution in [3.05, 3.63) is 0 Å². The molecule has 0 aliphatic heterocycles. The molecular formula is C82H160O17P2. The van der Waals surface area contributed by atoms with Crippen LogP contribution in [0.4, 0.5) is 0 Å². The Bertz CT molecular complexity index is 1960. The zero-order valence-electron chi connectivity index (χ0n) is 66.4. The largest absolute Gasteiger partial charge is 0.472 e. The van der Waals surface area contributed by atoms with Crippen LogP contribution in [0.5, 0.6) is 0 Å². The van der Waals surface area contributed by atoms with E-state index in [2.05, 4.69) is 48.5 Å². The number of hydrogen-bond donors (Lipinski definition) is 3. The molecule has 6 atom stereocenters. The number of rotatable bonds is 80. The second kappa shape index (κ2) is 72.3. The third kappa shape index (κ3) is 74.7. The first-order chi connectivity index (χ1) is 48.8. The van der Waals surface area contributed by atoms with Gasteiger partial charge in [-0.1, -0.05) is 376 Å². The van der Waals surface area contributed by atoms with E-state index in [1.54, 1.807) is 0 Å². The normalized spacial score (nSPS) is 14.2. The molecule has 101 heavy (non-hydrogen) atoms. The minimum atomic E-state index is -4.96. The lowest BCUT2D eigenvalue weighted by atomic mass is 10.00. The number of carbonyl (C=O) groups is 4. The van der Waals surface area contributed by atoms with Crippen LogP contribution in [0, 0.1) is 17.8 Å². The van der Waals surface area contributed by atoms with E-state index in [0.717, 1.165) is 114 Å². The van der Waals surface area contributed by atoms with Gasteiger partial charge in [-0.05, 0) is 43.4 Å². The molecule has 0 aliphatic rings. The van der Waals surface area contributed by atoms with E-state index >= 15 is 0 Å². The molecule has 0 saturated heterocycles. The average Bonchev–Trinajstić information content (AvgIpc) is 0.923. The van der Waals surface area contributed by atoms with Crippen molar-refractivity contribution < 1.29 is 80.2 Å². The van der Waals surface area contributed by atoms with E-state index in [0.29, 0.717) is 25.7 Å². The van der Waals surface area contributed by atoms with Crippen molar-refractivity contribution in [3.63, 3.8) is 0 Å². The number of unbranched alkanes of at least 4 members (excludes halogenated alkanes) is 47. The first-order valence-corrected chi connectivity index (χ1v) is 45.4.